The molecule has 0 radical (unpaired) electrons. The zero-order valence-electron chi connectivity index (χ0n) is 15.2. The molecule has 0 aromatic carbocycles. The summed E-state index contributed by atoms with van der Waals surface area (Å²) in [5.41, 5.74) is -0.754. The second-order valence-corrected chi connectivity index (χ2v) is 12.1. The van der Waals surface area contributed by atoms with E-state index >= 15 is 0 Å². The Morgan fingerprint density at radius 2 is 1.67 bits per heavy atom. The lowest BCUT2D eigenvalue weighted by molar-refractivity contribution is -0.120. The molecule has 144 valence electrons. The third-order valence-electron chi connectivity index (χ3n) is 3.48. The normalized spacial score (nSPS) is 13.2. The van der Waals surface area contributed by atoms with Gasteiger partial charge < -0.3 is 13.3 Å². The van der Waals surface area contributed by atoms with Crippen molar-refractivity contribution < 1.29 is 31.0 Å². The third kappa shape index (κ3) is 10.8. The van der Waals surface area contributed by atoms with Crippen LogP contribution in [-0.2, 0) is 28.2 Å². The van der Waals surface area contributed by atoms with Crippen LogP contribution in [0.4, 0.5) is 0 Å². The van der Waals surface area contributed by atoms with Crippen LogP contribution < -0.4 is 0 Å². The lowest BCUT2D eigenvalue weighted by Gasteiger charge is -2.24. The maximum Gasteiger partial charge on any atom is 0.500 e. The van der Waals surface area contributed by atoms with Gasteiger partial charge in [-0.25, -0.2) is 0 Å². The Kier molecular flexibility index (Phi) is 10.9. The fourth-order valence-corrected chi connectivity index (χ4v) is 6.39. The second-order valence-electron chi connectivity index (χ2n) is 6.37. The van der Waals surface area contributed by atoms with Crippen LogP contribution in [0.1, 0.15) is 33.1 Å². The maximum atomic E-state index is 11.9. The van der Waals surface area contributed by atoms with Gasteiger partial charge in [-0.05, 0) is 17.6 Å². The summed E-state index contributed by atoms with van der Waals surface area (Å²) in [6, 6.07) is 0.721. The summed E-state index contributed by atoms with van der Waals surface area (Å²) in [6.45, 7) is 3.33. The van der Waals surface area contributed by atoms with Gasteiger partial charge in [0.1, 0.15) is 5.78 Å². The highest BCUT2D eigenvalue weighted by molar-refractivity contribution is 7.99. The number of hydrogen-bond donors (Lipinski definition) is 1. The van der Waals surface area contributed by atoms with E-state index in [1.165, 1.54) is 0 Å². The molecule has 24 heavy (non-hydrogen) atoms. The monoisotopic (exact) mass is 402 g/mol. The Hall–Kier alpha value is 0.0269. The molecule has 7 nitrogen and oxygen atoms in total. The SMILES string of the molecule is CO[Si](CCCSCCC(=O)CC(C)(C)CS(=O)(=O)O)(OC)OC. The first kappa shape index (κ1) is 24.0. The fourth-order valence-electron chi connectivity index (χ4n) is 2.40. The molecule has 0 aromatic rings. The van der Waals surface area contributed by atoms with Gasteiger partial charge in [0.05, 0.1) is 5.75 Å². The van der Waals surface area contributed by atoms with Gasteiger partial charge in [0, 0.05) is 46.0 Å². The third-order valence-corrected chi connectivity index (χ3v) is 8.53. The minimum atomic E-state index is -4.07. The smallest absolute Gasteiger partial charge is 0.377 e. The molecule has 0 unspecified atom stereocenters. The van der Waals surface area contributed by atoms with E-state index in [-0.39, 0.29) is 12.2 Å². The zero-order chi connectivity index (χ0) is 18.9. The Morgan fingerprint density at radius 1 is 1.12 bits per heavy atom. The molecule has 10 heteroatoms. The molecule has 0 amide bonds. The molecule has 0 aliphatic heterocycles. The van der Waals surface area contributed by atoms with E-state index in [1.807, 2.05) is 0 Å². The van der Waals surface area contributed by atoms with E-state index in [0.717, 1.165) is 18.2 Å². The molecule has 0 rings (SSSR count). The van der Waals surface area contributed by atoms with Crippen molar-refractivity contribution in [2.75, 3.05) is 38.6 Å². The van der Waals surface area contributed by atoms with E-state index < -0.39 is 30.1 Å². The largest absolute Gasteiger partial charge is 0.500 e. The van der Waals surface area contributed by atoms with Crippen molar-refractivity contribution in [2.45, 2.75) is 39.2 Å². The maximum absolute atomic E-state index is 11.9. The van der Waals surface area contributed by atoms with Gasteiger partial charge in [0.25, 0.3) is 10.1 Å². The highest BCUT2D eigenvalue weighted by atomic mass is 32.2. The average Bonchev–Trinajstić information content (AvgIpc) is 2.44. The standard InChI is InChI=1S/C14H30O7S2Si/c1-14(2,12-23(16,17)18)11-13(15)7-9-22-8-6-10-24(19-3,20-4)21-5/h6-12H2,1-5H3,(H,16,17,18). The Bertz CT molecular complexity index is 467. The van der Waals surface area contributed by atoms with Gasteiger partial charge in [-0.3, -0.25) is 9.35 Å². The van der Waals surface area contributed by atoms with Gasteiger partial charge in [0.15, 0.2) is 0 Å². The van der Waals surface area contributed by atoms with Gasteiger partial charge in [0.2, 0.25) is 0 Å². The highest BCUT2D eigenvalue weighted by Crippen LogP contribution is 2.24. The molecule has 0 aromatic heterocycles. The Balaban J connectivity index is 3.99. The highest BCUT2D eigenvalue weighted by Gasteiger charge is 2.36. The molecule has 0 atom stereocenters. The zero-order valence-corrected chi connectivity index (χ0v) is 17.8. The molecule has 0 spiro atoms. The van der Waals surface area contributed by atoms with Gasteiger partial charge in [-0.1, -0.05) is 13.8 Å². The number of thioether (sulfide) groups is 1. The number of carbonyl (C=O) groups is 1. The minimum absolute atomic E-state index is 0.00514. The summed E-state index contributed by atoms with van der Waals surface area (Å²) in [7, 11) is -1.84. The Labute approximate surface area is 150 Å². The van der Waals surface area contributed by atoms with Crippen LogP contribution in [0.15, 0.2) is 0 Å². The minimum Gasteiger partial charge on any atom is -0.377 e. The van der Waals surface area contributed by atoms with Crippen LogP contribution in [-0.4, -0.2) is 66.1 Å². The van der Waals surface area contributed by atoms with Crippen molar-refractivity contribution in [1.29, 1.82) is 0 Å². The van der Waals surface area contributed by atoms with Crippen molar-refractivity contribution >= 4 is 36.5 Å². The molecule has 0 saturated heterocycles. The first-order valence-corrected chi connectivity index (χ1v) is 12.4. The topological polar surface area (TPSA) is 99.1 Å². The van der Waals surface area contributed by atoms with E-state index in [4.69, 9.17) is 17.8 Å². The van der Waals surface area contributed by atoms with E-state index in [9.17, 15) is 13.2 Å². The predicted octanol–water partition coefficient (Wildman–Crippen LogP) is 2.25. The lowest BCUT2D eigenvalue weighted by Crippen LogP contribution is -2.42. The van der Waals surface area contributed by atoms with Crippen LogP contribution >= 0.6 is 11.8 Å². The van der Waals surface area contributed by atoms with Gasteiger partial charge >= 0.3 is 8.80 Å². The quantitative estimate of drug-likeness (QED) is 0.268. The first-order valence-electron chi connectivity index (χ1n) is 7.69. The molecule has 0 saturated carbocycles. The first-order chi connectivity index (χ1) is 11.0. The van der Waals surface area contributed by atoms with Crippen molar-refractivity contribution in [3.63, 3.8) is 0 Å². The fraction of sp³-hybridized carbons (Fsp3) is 0.929. The Morgan fingerprint density at radius 3 is 2.12 bits per heavy atom. The van der Waals surface area contributed by atoms with Crippen molar-refractivity contribution in [2.24, 2.45) is 5.41 Å². The average molecular weight is 403 g/mol. The van der Waals surface area contributed by atoms with E-state index in [1.54, 1.807) is 46.9 Å². The second kappa shape index (κ2) is 10.9. The summed E-state index contributed by atoms with van der Waals surface area (Å²) in [4.78, 5) is 11.9. The predicted molar refractivity (Wildman–Crippen MR) is 98.0 cm³/mol. The van der Waals surface area contributed by atoms with Crippen molar-refractivity contribution in [3.05, 3.63) is 0 Å². The molecular weight excluding hydrogens is 372 g/mol. The number of ketones is 1. The van der Waals surface area contributed by atoms with Crippen LogP contribution in [0.25, 0.3) is 0 Å². The molecule has 0 aliphatic carbocycles. The summed E-state index contributed by atoms with van der Waals surface area (Å²) in [5, 5.41) is 0. The molecule has 0 heterocycles. The van der Waals surface area contributed by atoms with E-state index in [2.05, 4.69) is 0 Å². The number of rotatable bonds is 14. The summed E-state index contributed by atoms with van der Waals surface area (Å²) in [5.74, 6) is 1.15. The molecule has 0 fully saturated rings. The van der Waals surface area contributed by atoms with Gasteiger partial charge in [-0.15, -0.1) is 0 Å². The molecule has 0 aliphatic rings. The van der Waals surface area contributed by atoms with Crippen LogP contribution in [0.5, 0.6) is 0 Å². The summed E-state index contributed by atoms with van der Waals surface area (Å²) < 4.78 is 46.8. The number of carbonyl (C=O) groups excluding carboxylic acids is 1. The molecular formula is C14H30O7S2Si. The van der Waals surface area contributed by atoms with Crippen LogP contribution in [0.3, 0.4) is 0 Å². The van der Waals surface area contributed by atoms with Crippen molar-refractivity contribution in [1.82, 2.24) is 0 Å². The molecule has 0 bridgehead atoms. The number of Topliss-reactive ketones (excluding diaryl/α,β-unsaturated/α-hetero) is 1. The lowest BCUT2D eigenvalue weighted by atomic mass is 9.89. The summed E-state index contributed by atoms with van der Waals surface area (Å²) >= 11 is 1.66. The van der Waals surface area contributed by atoms with E-state index in [0.29, 0.717) is 12.2 Å². The summed E-state index contributed by atoms with van der Waals surface area (Å²) in [6.07, 6.45) is 1.40. The van der Waals surface area contributed by atoms with Gasteiger partial charge in [-0.2, -0.15) is 20.2 Å². The molecule has 1 N–H and O–H groups in total. The number of hydrogen-bond acceptors (Lipinski definition) is 7. The van der Waals surface area contributed by atoms with Crippen molar-refractivity contribution in [3.8, 4) is 0 Å². The van der Waals surface area contributed by atoms with Crippen LogP contribution in [0, 0.1) is 5.41 Å². The van der Waals surface area contributed by atoms with Crippen LogP contribution in [0.2, 0.25) is 6.04 Å².